The van der Waals surface area contributed by atoms with Crippen molar-refractivity contribution in [1.29, 1.82) is 0 Å². The number of para-hydroxylation sites is 1. The molecule has 0 aliphatic heterocycles. The minimum Gasteiger partial charge on any atom is -0.314 e. The van der Waals surface area contributed by atoms with E-state index in [1.165, 1.54) is 97.8 Å². The fourth-order valence-corrected chi connectivity index (χ4v) is 9.90. The second kappa shape index (κ2) is 13.9. The Morgan fingerprint density at radius 3 is 2.15 bits per heavy atom. The molecule has 0 N–H and O–H groups in total. The maximum Gasteiger partial charge on any atom is 0.0558 e. The topological polar surface area (TPSA) is 8.17 Å². The molecule has 0 atom stereocenters. The van der Waals surface area contributed by atoms with E-state index in [4.69, 9.17) is 0 Å². The van der Waals surface area contributed by atoms with Crippen molar-refractivity contribution in [1.82, 2.24) is 4.57 Å². The van der Waals surface area contributed by atoms with E-state index < -0.39 is 0 Å². The van der Waals surface area contributed by atoms with Gasteiger partial charge in [-0.1, -0.05) is 117 Å². The SMILES string of the molecule is C1=CCCC(N(c2ccc3ccc4ccccc4c3c2)c2ccc3c4c(n(-c5ccccc5)c3c2)CCC(c2ccc3sc5ccccc5c3c2)=C4)=C1.CC. The molecule has 11 rings (SSSR count). The van der Waals surface area contributed by atoms with E-state index in [9.17, 15) is 0 Å². The highest BCUT2D eigenvalue weighted by molar-refractivity contribution is 7.25. The standard InChI is InChI=1S/C50H36N2S.C2H6/c1-3-12-37(13-4-1)51(39-24-21-34-20-19-33-11-7-8-16-41(33)44(34)31-39)40-25-26-42-45-29-35(22-27-47(45)52(48(42)32-40)38-14-5-2-6-15-38)36-23-28-50-46(30-36)43-17-9-10-18-49(43)53-50;1-2/h1-3,5-12,14-21,23-26,28-32H,4,13,22,27H2;1-2H3. The summed E-state index contributed by atoms with van der Waals surface area (Å²) in [5.74, 6) is 0. The van der Waals surface area contributed by atoms with Gasteiger partial charge in [-0.15, -0.1) is 11.3 Å². The fraction of sp³-hybridized carbons (Fsp3) is 0.115. The van der Waals surface area contributed by atoms with Gasteiger partial charge in [-0.3, -0.25) is 0 Å². The fourth-order valence-electron chi connectivity index (χ4n) is 8.81. The Morgan fingerprint density at radius 1 is 0.564 bits per heavy atom. The number of fused-ring (bicyclic) bond motifs is 9. The molecule has 2 aliphatic rings. The normalized spacial score (nSPS) is 13.9. The average molecular weight is 727 g/mol. The Labute approximate surface area is 326 Å². The molecule has 0 spiro atoms. The molecule has 2 aromatic heterocycles. The molecule has 55 heavy (non-hydrogen) atoms. The first-order valence-electron chi connectivity index (χ1n) is 19.7. The largest absolute Gasteiger partial charge is 0.314 e. The summed E-state index contributed by atoms with van der Waals surface area (Å²) in [5.41, 5.74) is 11.6. The number of rotatable bonds is 5. The van der Waals surface area contributed by atoms with Crippen molar-refractivity contribution < 1.29 is 0 Å². The highest BCUT2D eigenvalue weighted by Gasteiger charge is 2.24. The van der Waals surface area contributed by atoms with Crippen molar-refractivity contribution in [2.75, 3.05) is 4.90 Å². The van der Waals surface area contributed by atoms with E-state index in [-0.39, 0.29) is 0 Å². The van der Waals surface area contributed by atoms with Gasteiger partial charge in [0.15, 0.2) is 0 Å². The summed E-state index contributed by atoms with van der Waals surface area (Å²) in [6.45, 7) is 4.00. The summed E-state index contributed by atoms with van der Waals surface area (Å²) in [6.07, 6.45) is 13.3. The lowest BCUT2D eigenvalue weighted by Crippen LogP contribution is -2.17. The lowest BCUT2D eigenvalue weighted by Gasteiger charge is -2.29. The third kappa shape index (κ3) is 5.70. The minimum atomic E-state index is 0.986. The van der Waals surface area contributed by atoms with Crippen LogP contribution in [0.15, 0.2) is 170 Å². The van der Waals surface area contributed by atoms with Crippen LogP contribution in [0.4, 0.5) is 11.4 Å². The molecular weight excluding hydrogens is 685 g/mol. The molecule has 7 aromatic carbocycles. The number of hydrogen-bond acceptors (Lipinski definition) is 2. The molecule has 0 saturated carbocycles. The van der Waals surface area contributed by atoms with Crippen molar-refractivity contribution in [2.24, 2.45) is 0 Å². The number of aromatic nitrogens is 1. The number of anilines is 2. The number of thiophene rings is 1. The summed E-state index contributed by atoms with van der Waals surface area (Å²) in [5, 5.41) is 9.13. The quantitative estimate of drug-likeness (QED) is 0.160. The number of nitrogens with zero attached hydrogens (tertiary/aromatic N) is 2. The first kappa shape index (κ1) is 33.4. The van der Waals surface area contributed by atoms with Crippen LogP contribution >= 0.6 is 11.3 Å². The molecule has 0 bridgehead atoms. The molecule has 2 nitrogen and oxygen atoms in total. The zero-order chi connectivity index (χ0) is 36.9. The Hall–Kier alpha value is -6.16. The summed E-state index contributed by atoms with van der Waals surface area (Å²) in [4.78, 5) is 2.49. The molecule has 0 unspecified atom stereocenters. The molecular formula is C52H42N2S. The number of benzene rings is 7. The zero-order valence-electron chi connectivity index (χ0n) is 31.3. The van der Waals surface area contributed by atoms with Gasteiger partial charge in [0.1, 0.15) is 0 Å². The maximum absolute atomic E-state index is 2.53. The molecule has 2 aliphatic carbocycles. The maximum atomic E-state index is 2.53. The Kier molecular flexibility index (Phi) is 8.46. The number of allylic oxidation sites excluding steroid dienone is 5. The van der Waals surface area contributed by atoms with Gasteiger partial charge in [0.25, 0.3) is 0 Å². The first-order chi connectivity index (χ1) is 27.3. The van der Waals surface area contributed by atoms with Gasteiger partial charge in [0.2, 0.25) is 0 Å². The Balaban J connectivity index is 0.00000183. The number of hydrogen-bond donors (Lipinski definition) is 0. The molecule has 0 saturated heterocycles. The summed E-state index contributed by atoms with van der Waals surface area (Å²) in [6, 6.07) is 54.2. The molecule has 3 heteroatoms. The zero-order valence-corrected chi connectivity index (χ0v) is 32.1. The lowest BCUT2D eigenvalue weighted by atomic mass is 9.90. The van der Waals surface area contributed by atoms with Crippen LogP contribution in [0.3, 0.4) is 0 Å². The van der Waals surface area contributed by atoms with Crippen molar-refractivity contribution in [3.8, 4) is 5.69 Å². The second-order valence-corrected chi connectivity index (χ2v) is 15.4. The Morgan fingerprint density at radius 2 is 1.29 bits per heavy atom. The van der Waals surface area contributed by atoms with Gasteiger partial charge in [-0.2, -0.15) is 0 Å². The Bertz CT molecular complexity index is 3010. The van der Waals surface area contributed by atoms with E-state index in [0.29, 0.717) is 0 Å². The van der Waals surface area contributed by atoms with E-state index in [0.717, 1.165) is 25.7 Å². The smallest absolute Gasteiger partial charge is 0.0558 e. The monoisotopic (exact) mass is 726 g/mol. The van der Waals surface area contributed by atoms with E-state index in [2.05, 4.69) is 179 Å². The van der Waals surface area contributed by atoms with Gasteiger partial charge in [-0.05, 0) is 125 Å². The van der Waals surface area contributed by atoms with Gasteiger partial charge in [0, 0.05) is 59.6 Å². The predicted octanol–water partition coefficient (Wildman–Crippen LogP) is 15.2. The third-order valence-corrected chi connectivity index (χ3v) is 12.5. The van der Waals surface area contributed by atoms with E-state index >= 15 is 0 Å². The van der Waals surface area contributed by atoms with Crippen LogP contribution < -0.4 is 4.90 Å². The van der Waals surface area contributed by atoms with Crippen LogP contribution in [-0.2, 0) is 6.42 Å². The van der Waals surface area contributed by atoms with Gasteiger partial charge >= 0.3 is 0 Å². The van der Waals surface area contributed by atoms with E-state index in [1.54, 1.807) is 0 Å². The van der Waals surface area contributed by atoms with Crippen LogP contribution in [0.5, 0.6) is 0 Å². The summed E-state index contributed by atoms with van der Waals surface area (Å²) >= 11 is 1.89. The van der Waals surface area contributed by atoms with Crippen LogP contribution in [0.1, 0.15) is 49.9 Å². The van der Waals surface area contributed by atoms with E-state index in [1.807, 2.05) is 25.2 Å². The molecule has 266 valence electrons. The van der Waals surface area contributed by atoms with Crippen LogP contribution in [0, 0.1) is 0 Å². The van der Waals surface area contributed by atoms with Crippen molar-refractivity contribution in [3.05, 3.63) is 186 Å². The first-order valence-corrected chi connectivity index (χ1v) is 20.5. The van der Waals surface area contributed by atoms with Gasteiger partial charge < -0.3 is 9.47 Å². The predicted molar refractivity (Wildman–Crippen MR) is 240 cm³/mol. The van der Waals surface area contributed by atoms with Crippen molar-refractivity contribution in [2.45, 2.75) is 39.5 Å². The average Bonchev–Trinajstić information content (AvgIpc) is 3.80. The third-order valence-electron chi connectivity index (χ3n) is 11.3. The second-order valence-electron chi connectivity index (χ2n) is 14.4. The minimum absolute atomic E-state index is 0.986. The molecule has 0 radical (unpaired) electrons. The highest BCUT2D eigenvalue weighted by Crippen LogP contribution is 2.44. The molecule has 0 amide bonds. The van der Waals surface area contributed by atoms with Gasteiger partial charge in [-0.25, -0.2) is 0 Å². The van der Waals surface area contributed by atoms with Crippen molar-refractivity contribution >= 4 is 87.0 Å². The van der Waals surface area contributed by atoms with Crippen LogP contribution in [0.2, 0.25) is 0 Å². The lowest BCUT2D eigenvalue weighted by molar-refractivity contribution is 0.897. The summed E-state index contributed by atoms with van der Waals surface area (Å²) in [7, 11) is 0. The van der Waals surface area contributed by atoms with Gasteiger partial charge in [0.05, 0.1) is 5.52 Å². The molecule has 9 aromatic rings. The van der Waals surface area contributed by atoms with Crippen molar-refractivity contribution in [3.63, 3.8) is 0 Å². The highest BCUT2D eigenvalue weighted by atomic mass is 32.1. The molecule has 2 heterocycles. The summed E-state index contributed by atoms with van der Waals surface area (Å²) < 4.78 is 5.23. The van der Waals surface area contributed by atoms with Crippen LogP contribution in [0.25, 0.3) is 70.0 Å². The molecule has 0 fully saturated rings. The van der Waals surface area contributed by atoms with Crippen LogP contribution in [-0.4, -0.2) is 4.57 Å².